The normalized spacial score (nSPS) is 17.5. The lowest BCUT2D eigenvalue weighted by atomic mass is 10.1. The second kappa shape index (κ2) is 8.54. The van der Waals surface area contributed by atoms with E-state index in [9.17, 15) is 9.59 Å². The second-order valence-electron chi connectivity index (χ2n) is 8.50. The standard InChI is InChI=1S/C25H26N6O2/c1-17-9-10-19(11-14-31-16-21(28-23(17)31)18-7-4-3-5-8-18)27-24(32)22-20(15-26-29(22)2)25(33)30-12-6-13-30/h3-5,7-8,10-11,14-17H,6,9,12-13H2,1-2H3,(H,27,32). The lowest BCUT2D eigenvalue weighted by Gasteiger charge is -2.30. The van der Waals surface area contributed by atoms with Crippen LogP contribution in [-0.4, -0.2) is 49.1 Å². The summed E-state index contributed by atoms with van der Waals surface area (Å²) in [7, 11) is 1.68. The summed E-state index contributed by atoms with van der Waals surface area (Å²) in [5, 5.41) is 7.12. The maximum absolute atomic E-state index is 13.1. The summed E-state index contributed by atoms with van der Waals surface area (Å²) >= 11 is 0. The molecule has 0 bridgehead atoms. The van der Waals surface area contributed by atoms with E-state index in [4.69, 9.17) is 4.98 Å². The Balaban J connectivity index is 1.38. The Bertz CT molecular complexity index is 1260. The van der Waals surface area contributed by atoms with Gasteiger partial charge in [0, 0.05) is 49.7 Å². The van der Waals surface area contributed by atoms with Crippen LogP contribution in [0.5, 0.6) is 0 Å². The average Bonchev–Trinajstić information content (AvgIpc) is 3.37. The van der Waals surface area contributed by atoms with Gasteiger partial charge in [-0.15, -0.1) is 0 Å². The number of nitrogens with one attached hydrogen (secondary N) is 1. The van der Waals surface area contributed by atoms with Gasteiger partial charge in [-0.1, -0.05) is 43.3 Å². The molecule has 1 unspecified atom stereocenters. The Kier molecular flexibility index (Phi) is 5.42. The van der Waals surface area contributed by atoms with Gasteiger partial charge in [0.2, 0.25) is 0 Å². The van der Waals surface area contributed by atoms with Crippen LogP contribution in [0, 0.1) is 0 Å². The smallest absolute Gasteiger partial charge is 0.274 e. The summed E-state index contributed by atoms with van der Waals surface area (Å²) in [6.07, 6.45) is 11.0. The van der Waals surface area contributed by atoms with Crippen molar-refractivity contribution in [2.45, 2.75) is 25.7 Å². The molecule has 1 N–H and O–H groups in total. The minimum absolute atomic E-state index is 0.146. The van der Waals surface area contributed by atoms with Crippen LogP contribution in [0.25, 0.3) is 17.5 Å². The lowest BCUT2D eigenvalue weighted by molar-refractivity contribution is 0.0647. The number of imidazole rings is 1. The summed E-state index contributed by atoms with van der Waals surface area (Å²) in [5.41, 5.74) is 3.26. The van der Waals surface area contributed by atoms with Gasteiger partial charge in [0.05, 0.1) is 17.5 Å². The van der Waals surface area contributed by atoms with Crippen LogP contribution < -0.4 is 5.32 Å². The van der Waals surface area contributed by atoms with Crippen molar-refractivity contribution >= 4 is 18.0 Å². The minimum atomic E-state index is -0.348. The number of aryl methyl sites for hydroxylation is 1. The van der Waals surface area contributed by atoms with E-state index in [2.05, 4.69) is 17.3 Å². The SMILES string of the molecule is CC1CC=C(NC(=O)c2c(C(=O)N3CCC3)cnn2C)C=Cn2cc(-c3ccccc3)nc21. The number of nitrogens with zero attached hydrogens (tertiary/aromatic N) is 5. The molecule has 2 amide bonds. The highest BCUT2D eigenvalue weighted by atomic mass is 16.2. The van der Waals surface area contributed by atoms with Crippen molar-refractivity contribution in [2.24, 2.45) is 7.05 Å². The zero-order valence-corrected chi connectivity index (χ0v) is 18.7. The van der Waals surface area contributed by atoms with Crippen LogP contribution in [-0.2, 0) is 7.05 Å². The van der Waals surface area contributed by atoms with E-state index in [1.165, 1.54) is 10.9 Å². The molecule has 1 fully saturated rings. The molecule has 2 aromatic heterocycles. The van der Waals surface area contributed by atoms with Gasteiger partial charge in [0.1, 0.15) is 11.5 Å². The van der Waals surface area contributed by atoms with Crippen molar-refractivity contribution in [3.8, 4) is 11.3 Å². The van der Waals surface area contributed by atoms with E-state index >= 15 is 0 Å². The van der Waals surface area contributed by atoms with E-state index in [1.807, 2.05) is 59.4 Å². The molecule has 0 spiro atoms. The molecule has 168 valence electrons. The van der Waals surface area contributed by atoms with Crippen molar-refractivity contribution in [1.29, 1.82) is 0 Å². The number of hydrogen-bond donors (Lipinski definition) is 1. The van der Waals surface area contributed by atoms with Gasteiger partial charge >= 0.3 is 0 Å². The third-order valence-electron chi connectivity index (χ3n) is 6.16. The fraction of sp³-hybridized carbons (Fsp3) is 0.280. The molecule has 8 nitrogen and oxygen atoms in total. The number of fused-ring (bicyclic) bond motifs is 1. The van der Waals surface area contributed by atoms with E-state index in [0.717, 1.165) is 43.0 Å². The highest BCUT2D eigenvalue weighted by Gasteiger charge is 2.29. The molecule has 4 heterocycles. The van der Waals surface area contributed by atoms with Gasteiger partial charge in [0.25, 0.3) is 11.8 Å². The molecule has 5 rings (SSSR count). The average molecular weight is 443 g/mol. The Morgan fingerprint density at radius 2 is 1.94 bits per heavy atom. The third-order valence-corrected chi connectivity index (χ3v) is 6.16. The van der Waals surface area contributed by atoms with Crippen LogP contribution in [0.1, 0.15) is 52.4 Å². The van der Waals surface area contributed by atoms with E-state index in [1.54, 1.807) is 11.9 Å². The molecule has 2 aliphatic rings. The van der Waals surface area contributed by atoms with Crippen LogP contribution in [0.3, 0.4) is 0 Å². The first-order valence-electron chi connectivity index (χ1n) is 11.2. The molecule has 1 aromatic carbocycles. The number of carbonyl (C=O) groups is 2. The van der Waals surface area contributed by atoms with Crippen LogP contribution in [0.4, 0.5) is 0 Å². The molecule has 1 saturated heterocycles. The maximum Gasteiger partial charge on any atom is 0.274 e. The number of benzene rings is 1. The Morgan fingerprint density at radius 1 is 1.15 bits per heavy atom. The molecule has 3 aromatic rings. The van der Waals surface area contributed by atoms with Gasteiger partial charge in [0.15, 0.2) is 0 Å². The number of rotatable bonds is 4. The Hall–Kier alpha value is -3.94. The van der Waals surface area contributed by atoms with Crippen molar-refractivity contribution < 1.29 is 9.59 Å². The van der Waals surface area contributed by atoms with Gasteiger partial charge < -0.3 is 14.8 Å². The van der Waals surface area contributed by atoms with Gasteiger partial charge in [-0.05, 0) is 18.9 Å². The molecular weight excluding hydrogens is 416 g/mol. The van der Waals surface area contributed by atoms with Crippen molar-refractivity contribution in [3.63, 3.8) is 0 Å². The van der Waals surface area contributed by atoms with Gasteiger partial charge in [-0.3, -0.25) is 14.3 Å². The number of allylic oxidation sites excluding steroid dienone is 2. The Morgan fingerprint density at radius 3 is 2.67 bits per heavy atom. The molecule has 0 aliphatic carbocycles. The molecule has 8 heteroatoms. The first-order valence-corrected chi connectivity index (χ1v) is 11.2. The maximum atomic E-state index is 13.1. The molecule has 1 atom stereocenters. The van der Waals surface area contributed by atoms with Crippen LogP contribution in [0.2, 0.25) is 0 Å². The minimum Gasteiger partial charge on any atom is -0.338 e. The molecule has 0 radical (unpaired) electrons. The summed E-state index contributed by atoms with van der Waals surface area (Å²) in [4.78, 5) is 32.4. The number of amides is 2. The van der Waals surface area contributed by atoms with E-state index in [-0.39, 0.29) is 23.4 Å². The predicted octanol–water partition coefficient (Wildman–Crippen LogP) is 3.42. The van der Waals surface area contributed by atoms with Gasteiger partial charge in [-0.2, -0.15) is 5.10 Å². The van der Waals surface area contributed by atoms with E-state index < -0.39 is 0 Å². The number of hydrogen-bond acceptors (Lipinski definition) is 4. The zero-order chi connectivity index (χ0) is 22.9. The van der Waals surface area contributed by atoms with Crippen molar-refractivity contribution in [2.75, 3.05) is 13.1 Å². The predicted molar refractivity (Wildman–Crippen MR) is 125 cm³/mol. The zero-order valence-electron chi connectivity index (χ0n) is 18.7. The third kappa shape index (κ3) is 4.00. The fourth-order valence-corrected chi connectivity index (χ4v) is 4.11. The molecule has 0 saturated carbocycles. The highest BCUT2D eigenvalue weighted by molar-refractivity contribution is 6.06. The first kappa shape index (κ1) is 20.9. The Labute approximate surface area is 192 Å². The molecule has 33 heavy (non-hydrogen) atoms. The van der Waals surface area contributed by atoms with Crippen molar-refractivity contribution in [1.82, 2.24) is 29.5 Å². The summed E-state index contributed by atoms with van der Waals surface area (Å²) in [6, 6.07) is 10.1. The second-order valence-corrected chi connectivity index (χ2v) is 8.50. The number of likely N-dealkylation sites (tertiary alicyclic amines) is 1. The van der Waals surface area contributed by atoms with Crippen molar-refractivity contribution in [3.05, 3.63) is 77.7 Å². The van der Waals surface area contributed by atoms with Crippen LogP contribution >= 0.6 is 0 Å². The molecule has 2 aliphatic heterocycles. The highest BCUT2D eigenvalue weighted by Crippen LogP contribution is 2.27. The quantitative estimate of drug-likeness (QED) is 0.671. The monoisotopic (exact) mass is 442 g/mol. The van der Waals surface area contributed by atoms with E-state index in [0.29, 0.717) is 11.3 Å². The molecular formula is C25H26N6O2. The lowest BCUT2D eigenvalue weighted by Crippen LogP contribution is -2.42. The largest absolute Gasteiger partial charge is 0.338 e. The number of carbonyl (C=O) groups excluding carboxylic acids is 2. The summed E-state index contributed by atoms with van der Waals surface area (Å²) in [6.45, 7) is 3.56. The first-order chi connectivity index (χ1) is 16.0. The van der Waals surface area contributed by atoms with Gasteiger partial charge in [-0.25, -0.2) is 4.98 Å². The topological polar surface area (TPSA) is 85.0 Å². The number of aromatic nitrogens is 4. The fourth-order valence-electron chi connectivity index (χ4n) is 4.11. The van der Waals surface area contributed by atoms with Crippen LogP contribution in [0.15, 0.2) is 60.6 Å². The summed E-state index contributed by atoms with van der Waals surface area (Å²) in [5.74, 6) is 0.644. The summed E-state index contributed by atoms with van der Waals surface area (Å²) < 4.78 is 3.47.